The minimum absolute atomic E-state index is 0.0109. The molecule has 0 saturated carbocycles. The second-order valence-corrected chi connectivity index (χ2v) is 4.73. The predicted octanol–water partition coefficient (Wildman–Crippen LogP) is 3.91. The summed E-state index contributed by atoms with van der Waals surface area (Å²) < 4.78 is 24.5. The molecule has 104 valence electrons. The van der Waals surface area contributed by atoms with Gasteiger partial charge in [0.1, 0.15) is 16.5 Å². The van der Waals surface area contributed by atoms with E-state index in [0.29, 0.717) is 17.1 Å². The molecule has 0 spiro atoms. The van der Waals surface area contributed by atoms with Gasteiger partial charge in [0.15, 0.2) is 11.6 Å². The molecule has 0 aliphatic carbocycles. The number of halogens is 2. The Labute approximate surface area is 126 Å². The lowest BCUT2D eigenvalue weighted by atomic mass is 10.2. The Morgan fingerprint density at radius 3 is 2.65 bits per heavy atom. The van der Waals surface area contributed by atoms with E-state index in [9.17, 15) is 4.39 Å². The molecule has 0 atom stereocenters. The van der Waals surface area contributed by atoms with Gasteiger partial charge in [0.2, 0.25) is 0 Å². The fourth-order valence-electron chi connectivity index (χ4n) is 1.60. The van der Waals surface area contributed by atoms with Crippen LogP contribution in [0.1, 0.15) is 5.56 Å². The van der Waals surface area contributed by atoms with Crippen molar-refractivity contribution in [1.29, 1.82) is 0 Å². The van der Waals surface area contributed by atoms with Gasteiger partial charge in [-0.05, 0) is 24.3 Å². The largest absolute Gasteiger partial charge is 0.497 e. The van der Waals surface area contributed by atoms with E-state index in [1.54, 1.807) is 24.3 Å². The van der Waals surface area contributed by atoms with Crippen LogP contribution >= 0.6 is 23.8 Å². The number of ether oxygens (including phenoxy) is 2. The van der Waals surface area contributed by atoms with Crippen molar-refractivity contribution in [3.63, 3.8) is 0 Å². The summed E-state index contributed by atoms with van der Waals surface area (Å²) in [5.74, 6) is 0.189. The van der Waals surface area contributed by atoms with E-state index >= 15 is 0 Å². The molecule has 20 heavy (non-hydrogen) atoms. The third-order valence-corrected chi connectivity index (χ3v) is 3.10. The molecule has 0 unspecified atom stereocenters. The van der Waals surface area contributed by atoms with Gasteiger partial charge < -0.3 is 15.2 Å². The van der Waals surface area contributed by atoms with Gasteiger partial charge in [0.25, 0.3) is 0 Å². The number of hydrogen-bond donors (Lipinski definition) is 1. The summed E-state index contributed by atoms with van der Waals surface area (Å²) in [7, 11) is 1.51. The number of nitrogens with two attached hydrogens (primary N) is 1. The molecular formula is C14H11ClFNO2S. The number of hydrogen-bond acceptors (Lipinski definition) is 3. The highest BCUT2D eigenvalue weighted by Gasteiger charge is 2.13. The summed E-state index contributed by atoms with van der Waals surface area (Å²) in [6, 6.07) is 9.40. The Morgan fingerprint density at radius 2 is 2.00 bits per heavy atom. The molecule has 3 nitrogen and oxygen atoms in total. The Kier molecular flexibility index (Phi) is 4.42. The lowest BCUT2D eigenvalue weighted by Crippen LogP contribution is -2.11. The highest BCUT2D eigenvalue weighted by molar-refractivity contribution is 7.80. The number of thiocarbonyl (C=S) groups is 1. The van der Waals surface area contributed by atoms with E-state index in [1.165, 1.54) is 19.2 Å². The fourth-order valence-corrected chi connectivity index (χ4v) is 1.93. The van der Waals surface area contributed by atoms with Crippen molar-refractivity contribution >= 4 is 28.8 Å². The maximum Gasteiger partial charge on any atom is 0.184 e. The summed E-state index contributed by atoms with van der Waals surface area (Å²) in [5, 5.41) is -0.0257. The van der Waals surface area contributed by atoms with Crippen molar-refractivity contribution < 1.29 is 13.9 Å². The Hall–Kier alpha value is -1.85. The zero-order valence-corrected chi connectivity index (χ0v) is 12.1. The molecular weight excluding hydrogens is 301 g/mol. The molecule has 2 aromatic rings. The molecule has 2 aromatic carbocycles. The van der Waals surface area contributed by atoms with Crippen LogP contribution < -0.4 is 15.2 Å². The molecule has 0 saturated heterocycles. The standard InChI is InChI=1S/C14H11ClFNO2S/c1-18-8-5-6-9(14(17)20)12(7-8)19-11-4-2-3-10(15)13(11)16/h2-7H,1H3,(H2,17,20). The molecule has 6 heteroatoms. The lowest BCUT2D eigenvalue weighted by molar-refractivity contribution is 0.405. The monoisotopic (exact) mass is 311 g/mol. The summed E-state index contributed by atoms with van der Waals surface area (Å²) in [4.78, 5) is 0.144. The number of methoxy groups -OCH3 is 1. The highest BCUT2D eigenvalue weighted by atomic mass is 35.5. The molecule has 0 heterocycles. The Morgan fingerprint density at radius 1 is 1.25 bits per heavy atom. The molecule has 0 aromatic heterocycles. The predicted molar refractivity (Wildman–Crippen MR) is 80.4 cm³/mol. The van der Waals surface area contributed by atoms with E-state index in [-0.39, 0.29) is 15.8 Å². The van der Waals surface area contributed by atoms with E-state index < -0.39 is 5.82 Å². The molecule has 0 fully saturated rings. The van der Waals surface area contributed by atoms with Crippen molar-refractivity contribution in [2.24, 2.45) is 5.73 Å². The van der Waals surface area contributed by atoms with Gasteiger partial charge in [0, 0.05) is 6.07 Å². The highest BCUT2D eigenvalue weighted by Crippen LogP contribution is 2.32. The summed E-state index contributed by atoms with van der Waals surface area (Å²) >= 11 is 10.7. The summed E-state index contributed by atoms with van der Waals surface area (Å²) in [6.07, 6.45) is 0. The van der Waals surface area contributed by atoms with Crippen LogP contribution in [0.2, 0.25) is 5.02 Å². The summed E-state index contributed by atoms with van der Waals surface area (Å²) in [6.45, 7) is 0. The third kappa shape index (κ3) is 3.00. The average molecular weight is 312 g/mol. The lowest BCUT2D eigenvalue weighted by Gasteiger charge is -2.12. The average Bonchev–Trinajstić information content (AvgIpc) is 2.43. The first-order chi connectivity index (χ1) is 9.52. The first-order valence-electron chi connectivity index (χ1n) is 5.62. The zero-order valence-electron chi connectivity index (χ0n) is 10.5. The van der Waals surface area contributed by atoms with Crippen LogP contribution in [-0.2, 0) is 0 Å². The van der Waals surface area contributed by atoms with Gasteiger partial charge in [0.05, 0.1) is 17.7 Å². The topological polar surface area (TPSA) is 44.5 Å². The zero-order chi connectivity index (χ0) is 14.7. The van der Waals surface area contributed by atoms with E-state index in [2.05, 4.69) is 0 Å². The number of benzene rings is 2. The maximum atomic E-state index is 13.9. The van der Waals surface area contributed by atoms with E-state index in [1.807, 2.05) is 0 Å². The third-order valence-electron chi connectivity index (χ3n) is 2.59. The Balaban J connectivity index is 2.46. The van der Waals surface area contributed by atoms with Crippen LogP contribution in [0, 0.1) is 5.82 Å². The van der Waals surface area contributed by atoms with E-state index in [4.69, 9.17) is 39.0 Å². The SMILES string of the molecule is COc1ccc(C(N)=S)c(Oc2cccc(Cl)c2F)c1. The molecule has 0 aliphatic heterocycles. The minimum Gasteiger partial charge on any atom is -0.497 e. The van der Waals surface area contributed by atoms with Gasteiger partial charge in [-0.3, -0.25) is 0 Å². The van der Waals surface area contributed by atoms with Crippen molar-refractivity contribution in [3.8, 4) is 17.2 Å². The van der Waals surface area contributed by atoms with Crippen molar-refractivity contribution in [1.82, 2.24) is 0 Å². The fraction of sp³-hybridized carbons (Fsp3) is 0.0714. The van der Waals surface area contributed by atoms with Gasteiger partial charge >= 0.3 is 0 Å². The normalized spacial score (nSPS) is 10.2. The van der Waals surface area contributed by atoms with Crippen molar-refractivity contribution in [3.05, 3.63) is 52.8 Å². The molecule has 0 radical (unpaired) electrons. The molecule has 2 N–H and O–H groups in total. The molecule has 0 bridgehead atoms. The van der Waals surface area contributed by atoms with Gasteiger partial charge in [-0.15, -0.1) is 0 Å². The van der Waals surface area contributed by atoms with Crippen LogP contribution in [0.25, 0.3) is 0 Å². The molecule has 0 aliphatic rings. The van der Waals surface area contributed by atoms with Crippen molar-refractivity contribution in [2.75, 3.05) is 7.11 Å². The minimum atomic E-state index is -0.647. The molecule has 2 rings (SSSR count). The quantitative estimate of drug-likeness (QED) is 0.869. The van der Waals surface area contributed by atoms with Gasteiger partial charge in [-0.25, -0.2) is 4.39 Å². The first kappa shape index (κ1) is 14.6. The van der Waals surface area contributed by atoms with Crippen molar-refractivity contribution in [2.45, 2.75) is 0 Å². The second-order valence-electron chi connectivity index (χ2n) is 3.88. The van der Waals surface area contributed by atoms with Crippen LogP contribution in [0.3, 0.4) is 0 Å². The van der Waals surface area contributed by atoms with Crippen LogP contribution in [0.15, 0.2) is 36.4 Å². The maximum absolute atomic E-state index is 13.9. The first-order valence-corrected chi connectivity index (χ1v) is 6.41. The van der Waals surface area contributed by atoms with Crippen LogP contribution in [0.5, 0.6) is 17.2 Å². The smallest absolute Gasteiger partial charge is 0.184 e. The van der Waals surface area contributed by atoms with Crippen LogP contribution in [0.4, 0.5) is 4.39 Å². The molecule has 0 amide bonds. The van der Waals surface area contributed by atoms with E-state index in [0.717, 1.165) is 0 Å². The summed E-state index contributed by atoms with van der Waals surface area (Å²) in [5.41, 5.74) is 6.10. The Bertz CT molecular complexity index is 664. The van der Waals surface area contributed by atoms with Gasteiger partial charge in [-0.1, -0.05) is 29.9 Å². The second kappa shape index (κ2) is 6.07. The van der Waals surface area contributed by atoms with Crippen LogP contribution in [-0.4, -0.2) is 12.1 Å². The number of rotatable bonds is 4. The van der Waals surface area contributed by atoms with Gasteiger partial charge in [-0.2, -0.15) is 0 Å².